The summed E-state index contributed by atoms with van der Waals surface area (Å²) >= 11 is 0. The van der Waals surface area contributed by atoms with Gasteiger partial charge in [-0.25, -0.2) is 4.98 Å². The minimum atomic E-state index is 0.579. The van der Waals surface area contributed by atoms with Crippen LogP contribution in [0.25, 0.3) is 0 Å². The van der Waals surface area contributed by atoms with Crippen molar-refractivity contribution in [2.24, 2.45) is 0 Å². The molecule has 140 valence electrons. The summed E-state index contributed by atoms with van der Waals surface area (Å²) in [6.45, 7) is 4.11. The van der Waals surface area contributed by atoms with Gasteiger partial charge in [0.05, 0.1) is 0 Å². The number of hydrogen-bond donors (Lipinski definition) is 3. The van der Waals surface area contributed by atoms with Gasteiger partial charge in [-0.15, -0.1) is 0 Å². The maximum atomic E-state index is 6.14. The first-order valence-electron chi connectivity index (χ1n) is 9.35. The minimum absolute atomic E-state index is 0.579. The van der Waals surface area contributed by atoms with Crippen LogP contribution in [0.15, 0.2) is 48.5 Å². The molecule has 0 aliphatic heterocycles. The number of anilines is 3. The highest BCUT2D eigenvalue weighted by molar-refractivity contribution is 5.47. The van der Waals surface area contributed by atoms with Crippen LogP contribution in [0.5, 0.6) is 0 Å². The fraction of sp³-hybridized carbons (Fsp3) is 0.261. The molecule has 0 unspecified atom stereocenters. The molecule has 2 aromatic carbocycles. The standard InChI is InChI=1S/C23H28N4/c1-15-7-17(12-20(24)8-15)3-4-18-11-19(14-21(25)13-18)5-6-22-9-16(2)10-23(26)27-22/h7-14H,3-6,24-25H2,1-2H3,(H2,26,27). The molecule has 0 bridgehead atoms. The van der Waals surface area contributed by atoms with E-state index in [1.54, 1.807) is 0 Å². The highest BCUT2D eigenvalue weighted by Gasteiger charge is 2.04. The third-order valence-electron chi connectivity index (χ3n) is 4.65. The first-order valence-corrected chi connectivity index (χ1v) is 9.35. The van der Waals surface area contributed by atoms with Crippen molar-refractivity contribution in [1.82, 2.24) is 4.98 Å². The van der Waals surface area contributed by atoms with Crippen molar-refractivity contribution in [2.45, 2.75) is 39.5 Å². The Morgan fingerprint density at radius 2 is 1.11 bits per heavy atom. The van der Waals surface area contributed by atoms with Crippen LogP contribution in [0.1, 0.15) is 33.5 Å². The van der Waals surface area contributed by atoms with Gasteiger partial charge in [-0.1, -0.05) is 12.1 Å². The van der Waals surface area contributed by atoms with Crippen molar-refractivity contribution in [2.75, 3.05) is 17.2 Å². The van der Waals surface area contributed by atoms with Gasteiger partial charge in [-0.3, -0.25) is 0 Å². The molecule has 3 aromatic rings. The fourth-order valence-corrected chi connectivity index (χ4v) is 3.58. The quantitative estimate of drug-likeness (QED) is 0.579. The molecule has 0 saturated carbocycles. The summed E-state index contributed by atoms with van der Waals surface area (Å²) in [6, 6.07) is 16.6. The second kappa shape index (κ2) is 8.12. The lowest BCUT2D eigenvalue weighted by Gasteiger charge is -2.10. The molecule has 0 radical (unpaired) electrons. The summed E-state index contributed by atoms with van der Waals surface area (Å²) in [5, 5.41) is 0. The Labute approximate surface area is 161 Å². The van der Waals surface area contributed by atoms with Crippen molar-refractivity contribution in [3.8, 4) is 0 Å². The third-order valence-corrected chi connectivity index (χ3v) is 4.65. The largest absolute Gasteiger partial charge is 0.399 e. The highest BCUT2D eigenvalue weighted by atomic mass is 14.8. The number of nitrogen functional groups attached to an aromatic ring is 3. The molecule has 1 heterocycles. The Morgan fingerprint density at radius 1 is 0.593 bits per heavy atom. The van der Waals surface area contributed by atoms with Gasteiger partial charge in [0.1, 0.15) is 5.82 Å². The maximum Gasteiger partial charge on any atom is 0.123 e. The van der Waals surface area contributed by atoms with Gasteiger partial charge in [0.25, 0.3) is 0 Å². The van der Waals surface area contributed by atoms with E-state index in [0.717, 1.165) is 48.3 Å². The number of nitrogens with zero attached hydrogens (tertiary/aromatic N) is 1. The Kier molecular flexibility index (Phi) is 5.65. The summed E-state index contributed by atoms with van der Waals surface area (Å²) in [4.78, 5) is 4.42. The molecule has 0 aliphatic rings. The topological polar surface area (TPSA) is 91.0 Å². The molecule has 0 aliphatic carbocycles. The van der Waals surface area contributed by atoms with Crippen LogP contribution in [-0.2, 0) is 25.7 Å². The van der Waals surface area contributed by atoms with Crippen LogP contribution < -0.4 is 17.2 Å². The Hall–Kier alpha value is -3.01. The Balaban J connectivity index is 1.68. The summed E-state index contributed by atoms with van der Waals surface area (Å²) in [5.41, 5.74) is 26.7. The van der Waals surface area contributed by atoms with E-state index in [1.807, 2.05) is 31.2 Å². The summed E-state index contributed by atoms with van der Waals surface area (Å²) in [6.07, 6.45) is 3.63. The number of hydrogen-bond acceptors (Lipinski definition) is 4. The van der Waals surface area contributed by atoms with E-state index in [1.165, 1.54) is 22.3 Å². The molecular formula is C23H28N4. The first-order chi connectivity index (χ1) is 12.9. The van der Waals surface area contributed by atoms with Gasteiger partial charge in [-0.2, -0.15) is 0 Å². The van der Waals surface area contributed by atoms with Gasteiger partial charge >= 0.3 is 0 Å². The zero-order valence-electron chi connectivity index (χ0n) is 16.1. The van der Waals surface area contributed by atoms with Crippen LogP contribution in [-0.4, -0.2) is 4.98 Å². The molecule has 4 nitrogen and oxygen atoms in total. The lowest BCUT2D eigenvalue weighted by Crippen LogP contribution is -2.01. The molecule has 0 amide bonds. The van der Waals surface area contributed by atoms with Crippen LogP contribution in [0, 0.1) is 13.8 Å². The molecule has 3 rings (SSSR count). The predicted octanol–water partition coefficient (Wildman–Crippen LogP) is 4.02. The number of rotatable bonds is 6. The van der Waals surface area contributed by atoms with E-state index in [0.29, 0.717) is 5.82 Å². The van der Waals surface area contributed by atoms with Gasteiger partial charge in [0.2, 0.25) is 0 Å². The lowest BCUT2D eigenvalue weighted by molar-refractivity contribution is 0.903. The Bertz CT molecular complexity index is 833. The third kappa shape index (κ3) is 5.48. The second-order valence-electron chi connectivity index (χ2n) is 7.40. The number of pyridine rings is 1. The summed E-state index contributed by atoms with van der Waals surface area (Å²) in [5.74, 6) is 0.579. The van der Waals surface area contributed by atoms with Crippen molar-refractivity contribution < 1.29 is 0 Å². The molecule has 0 spiro atoms. The number of benzene rings is 2. The zero-order chi connectivity index (χ0) is 19.4. The average molecular weight is 361 g/mol. The van der Waals surface area contributed by atoms with Crippen molar-refractivity contribution in [1.29, 1.82) is 0 Å². The number of nitrogens with two attached hydrogens (primary N) is 3. The normalized spacial score (nSPS) is 10.9. The smallest absolute Gasteiger partial charge is 0.123 e. The zero-order valence-corrected chi connectivity index (χ0v) is 16.1. The van der Waals surface area contributed by atoms with E-state index in [9.17, 15) is 0 Å². The summed E-state index contributed by atoms with van der Waals surface area (Å²) < 4.78 is 0. The van der Waals surface area contributed by atoms with E-state index in [2.05, 4.69) is 36.2 Å². The Morgan fingerprint density at radius 3 is 1.70 bits per heavy atom. The molecule has 6 N–H and O–H groups in total. The van der Waals surface area contributed by atoms with E-state index in [-0.39, 0.29) is 0 Å². The molecular weight excluding hydrogens is 332 g/mol. The minimum Gasteiger partial charge on any atom is -0.399 e. The molecule has 0 atom stereocenters. The monoisotopic (exact) mass is 360 g/mol. The van der Waals surface area contributed by atoms with Gasteiger partial charge in [0.15, 0.2) is 0 Å². The van der Waals surface area contributed by atoms with E-state index >= 15 is 0 Å². The van der Waals surface area contributed by atoms with Crippen LogP contribution >= 0.6 is 0 Å². The van der Waals surface area contributed by atoms with E-state index in [4.69, 9.17) is 17.2 Å². The van der Waals surface area contributed by atoms with Crippen LogP contribution in [0.4, 0.5) is 17.2 Å². The predicted molar refractivity (Wildman–Crippen MR) is 115 cm³/mol. The molecule has 4 heteroatoms. The van der Waals surface area contributed by atoms with Crippen LogP contribution in [0.2, 0.25) is 0 Å². The van der Waals surface area contributed by atoms with Crippen LogP contribution in [0.3, 0.4) is 0 Å². The van der Waals surface area contributed by atoms with Crippen molar-refractivity contribution in [3.05, 3.63) is 82.0 Å². The SMILES string of the molecule is Cc1cc(N)cc(CCc2cc(N)cc(CCc3cc(C)cc(N)n3)c2)c1. The lowest BCUT2D eigenvalue weighted by atomic mass is 9.98. The molecule has 0 fully saturated rings. The molecule has 0 saturated heterocycles. The first kappa shape index (κ1) is 18.8. The second-order valence-corrected chi connectivity index (χ2v) is 7.40. The van der Waals surface area contributed by atoms with Crippen molar-refractivity contribution >= 4 is 17.2 Å². The molecule has 1 aromatic heterocycles. The summed E-state index contributed by atoms with van der Waals surface area (Å²) in [7, 11) is 0. The van der Waals surface area contributed by atoms with Gasteiger partial charge in [-0.05, 0) is 104 Å². The molecule has 27 heavy (non-hydrogen) atoms. The fourth-order valence-electron chi connectivity index (χ4n) is 3.58. The average Bonchev–Trinajstić information content (AvgIpc) is 2.56. The van der Waals surface area contributed by atoms with Gasteiger partial charge in [0, 0.05) is 17.1 Å². The number of aryl methyl sites for hydroxylation is 6. The maximum absolute atomic E-state index is 6.14. The highest BCUT2D eigenvalue weighted by Crippen LogP contribution is 2.18. The number of aromatic nitrogens is 1. The van der Waals surface area contributed by atoms with E-state index < -0.39 is 0 Å². The van der Waals surface area contributed by atoms with Gasteiger partial charge < -0.3 is 17.2 Å². The van der Waals surface area contributed by atoms with Crippen molar-refractivity contribution in [3.63, 3.8) is 0 Å².